The van der Waals surface area contributed by atoms with E-state index in [1.54, 1.807) is 0 Å². The van der Waals surface area contributed by atoms with Gasteiger partial charge in [0.25, 0.3) is 11.5 Å². The van der Waals surface area contributed by atoms with Gasteiger partial charge in [0.15, 0.2) is 5.69 Å². The van der Waals surface area contributed by atoms with Gasteiger partial charge in [0.1, 0.15) is 16.7 Å². The van der Waals surface area contributed by atoms with Crippen LogP contribution >= 0.6 is 23.2 Å². The summed E-state index contributed by atoms with van der Waals surface area (Å²) in [6.45, 7) is 4.32. The first-order valence-electron chi connectivity index (χ1n) is 8.58. The molecule has 2 aromatic rings. The summed E-state index contributed by atoms with van der Waals surface area (Å²) < 4.78 is 1.23. The Kier molecular flexibility index (Phi) is 7.04. The molecule has 0 atom stereocenters. The van der Waals surface area contributed by atoms with Gasteiger partial charge in [-0.25, -0.2) is 9.78 Å². The molecule has 0 fully saturated rings. The van der Waals surface area contributed by atoms with E-state index in [2.05, 4.69) is 9.97 Å². The first-order chi connectivity index (χ1) is 12.8. The van der Waals surface area contributed by atoms with Crippen molar-refractivity contribution >= 4 is 40.6 Å². The molecule has 0 saturated heterocycles. The molecule has 2 heterocycles. The standard InChI is InChI=1S/C17H21Cl2N5O3/c1-3-5-9-23(16(26)12-10(18)6-7-11(19)21-12)13-14(20)24(8-4-2)17(27)22-15(13)25/h6-7H,3-5,8-9,20H2,1-2H3,(H,22,25,27). The Morgan fingerprint density at radius 2 is 1.96 bits per heavy atom. The Morgan fingerprint density at radius 1 is 1.26 bits per heavy atom. The molecule has 8 nitrogen and oxygen atoms in total. The number of carbonyl (C=O) groups is 1. The predicted octanol–water partition coefficient (Wildman–Crippen LogP) is 2.68. The largest absolute Gasteiger partial charge is 0.383 e. The lowest BCUT2D eigenvalue weighted by atomic mass is 10.2. The minimum absolute atomic E-state index is 0.0757. The molecule has 3 N–H and O–H groups in total. The van der Waals surface area contributed by atoms with E-state index >= 15 is 0 Å². The number of nitrogens with zero attached hydrogens (tertiary/aromatic N) is 3. The monoisotopic (exact) mass is 413 g/mol. The van der Waals surface area contributed by atoms with Crippen LogP contribution in [0.3, 0.4) is 0 Å². The number of amides is 1. The second-order valence-electron chi connectivity index (χ2n) is 5.92. The van der Waals surface area contributed by atoms with Crippen LogP contribution in [0, 0.1) is 0 Å². The second-order valence-corrected chi connectivity index (χ2v) is 6.71. The number of anilines is 2. The second kappa shape index (κ2) is 9.05. The molecule has 0 aromatic carbocycles. The molecule has 0 aliphatic rings. The summed E-state index contributed by atoms with van der Waals surface area (Å²) >= 11 is 12.0. The van der Waals surface area contributed by atoms with E-state index < -0.39 is 17.2 Å². The predicted molar refractivity (Wildman–Crippen MR) is 107 cm³/mol. The molecule has 10 heteroatoms. The van der Waals surface area contributed by atoms with Crippen LogP contribution in [0.25, 0.3) is 0 Å². The summed E-state index contributed by atoms with van der Waals surface area (Å²) in [6, 6.07) is 2.91. The van der Waals surface area contributed by atoms with E-state index in [0.717, 1.165) is 6.42 Å². The molecule has 0 radical (unpaired) electrons. The number of pyridine rings is 1. The fraction of sp³-hybridized carbons (Fsp3) is 0.412. The van der Waals surface area contributed by atoms with Crippen molar-refractivity contribution in [3.8, 4) is 0 Å². The van der Waals surface area contributed by atoms with Crippen LogP contribution in [0.15, 0.2) is 21.7 Å². The third-order valence-corrected chi connectivity index (χ3v) is 4.44. The Labute approximate surface area is 165 Å². The number of hydrogen-bond donors (Lipinski definition) is 2. The summed E-state index contributed by atoms with van der Waals surface area (Å²) in [5, 5.41) is 0.193. The average molecular weight is 414 g/mol. The van der Waals surface area contributed by atoms with Crippen LogP contribution in [0.2, 0.25) is 10.2 Å². The highest BCUT2D eigenvalue weighted by Crippen LogP contribution is 2.24. The van der Waals surface area contributed by atoms with E-state index in [1.165, 1.54) is 21.6 Å². The zero-order valence-corrected chi connectivity index (χ0v) is 16.6. The normalized spacial score (nSPS) is 10.8. The number of carbonyl (C=O) groups excluding carboxylic acids is 1. The molecule has 0 unspecified atom stereocenters. The van der Waals surface area contributed by atoms with Crippen LogP contribution in [-0.4, -0.2) is 27.0 Å². The highest BCUT2D eigenvalue weighted by atomic mass is 35.5. The van der Waals surface area contributed by atoms with Gasteiger partial charge < -0.3 is 5.73 Å². The molecule has 0 aliphatic heterocycles. The van der Waals surface area contributed by atoms with E-state index in [1.807, 2.05) is 13.8 Å². The van der Waals surface area contributed by atoms with Gasteiger partial charge in [-0.3, -0.25) is 24.0 Å². The van der Waals surface area contributed by atoms with Crippen molar-refractivity contribution in [2.24, 2.45) is 0 Å². The average Bonchev–Trinajstić information content (AvgIpc) is 2.62. The molecule has 146 valence electrons. The van der Waals surface area contributed by atoms with Crippen LogP contribution < -0.4 is 21.9 Å². The van der Waals surface area contributed by atoms with E-state index in [0.29, 0.717) is 19.4 Å². The lowest BCUT2D eigenvalue weighted by molar-refractivity contribution is 0.0981. The molecular formula is C17H21Cl2N5O3. The number of nitrogen functional groups attached to an aromatic ring is 1. The molecule has 27 heavy (non-hydrogen) atoms. The Hall–Kier alpha value is -2.32. The number of hydrogen-bond acceptors (Lipinski definition) is 5. The number of nitrogens with two attached hydrogens (primary N) is 1. The zero-order chi connectivity index (χ0) is 20.1. The quantitative estimate of drug-likeness (QED) is 0.677. The number of unbranched alkanes of at least 4 members (excludes halogenated alkanes) is 1. The van der Waals surface area contributed by atoms with Crippen LogP contribution in [0.5, 0.6) is 0 Å². The van der Waals surface area contributed by atoms with Gasteiger partial charge in [0.2, 0.25) is 0 Å². The maximum absolute atomic E-state index is 13.1. The van der Waals surface area contributed by atoms with Crippen molar-refractivity contribution in [2.45, 2.75) is 39.7 Å². The minimum atomic E-state index is -0.743. The van der Waals surface area contributed by atoms with Crippen molar-refractivity contribution in [2.75, 3.05) is 17.2 Å². The van der Waals surface area contributed by atoms with Crippen molar-refractivity contribution < 1.29 is 4.79 Å². The topological polar surface area (TPSA) is 114 Å². The van der Waals surface area contributed by atoms with Crippen LogP contribution in [0.4, 0.5) is 11.5 Å². The number of nitrogens with one attached hydrogen (secondary N) is 1. The van der Waals surface area contributed by atoms with Crippen molar-refractivity contribution in [3.63, 3.8) is 0 Å². The van der Waals surface area contributed by atoms with Crippen molar-refractivity contribution in [3.05, 3.63) is 48.8 Å². The van der Waals surface area contributed by atoms with Gasteiger partial charge in [0, 0.05) is 13.1 Å². The third-order valence-electron chi connectivity index (χ3n) is 3.93. The van der Waals surface area contributed by atoms with Gasteiger partial charge >= 0.3 is 5.69 Å². The molecular weight excluding hydrogens is 393 g/mol. The van der Waals surface area contributed by atoms with Crippen LogP contribution in [-0.2, 0) is 6.54 Å². The zero-order valence-electron chi connectivity index (χ0n) is 15.1. The van der Waals surface area contributed by atoms with Gasteiger partial charge in [-0.15, -0.1) is 0 Å². The summed E-state index contributed by atoms with van der Waals surface area (Å²) in [6.07, 6.45) is 2.00. The third kappa shape index (κ3) is 4.51. The first-order valence-corrected chi connectivity index (χ1v) is 9.33. The maximum atomic E-state index is 13.1. The fourth-order valence-electron chi connectivity index (χ4n) is 2.61. The fourth-order valence-corrected chi connectivity index (χ4v) is 2.94. The smallest absolute Gasteiger partial charge is 0.330 e. The molecule has 2 rings (SSSR count). The SMILES string of the molecule is CCCCN(C(=O)c1nc(Cl)ccc1Cl)c1c(N)n(CCC)c(=O)[nH]c1=O. The maximum Gasteiger partial charge on any atom is 0.330 e. The van der Waals surface area contributed by atoms with E-state index in [9.17, 15) is 14.4 Å². The van der Waals surface area contributed by atoms with Crippen LogP contribution in [0.1, 0.15) is 43.6 Å². The molecule has 0 saturated carbocycles. The molecule has 0 aliphatic carbocycles. The lowest BCUT2D eigenvalue weighted by Crippen LogP contribution is -2.42. The van der Waals surface area contributed by atoms with Gasteiger partial charge in [0.05, 0.1) is 5.02 Å². The molecule has 2 aromatic heterocycles. The van der Waals surface area contributed by atoms with Gasteiger partial charge in [-0.2, -0.15) is 0 Å². The Bertz CT molecular complexity index is 955. The number of rotatable bonds is 7. The van der Waals surface area contributed by atoms with Crippen molar-refractivity contribution in [1.82, 2.24) is 14.5 Å². The first kappa shape index (κ1) is 21.0. The van der Waals surface area contributed by atoms with Gasteiger partial charge in [-0.05, 0) is 25.0 Å². The number of aromatic nitrogens is 3. The number of H-pyrrole nitrogens is 1. The number of halogens is 2. The minimum Gasteiger partial charge on any atom is -0.383 e. The van der Waals surface area contributed by atoms with E-state index in [-0.39, 0.29) is 33.9 Å². The summed E-state index contributed by atoms with van der Waals surface area (Å²) in [7, 11) is 0. The summed E-state index contributed by atoms with van der Waals surface area (Å²) in [5.74, 6) is -0.692. The molecule has 0 spiro atoms. The lowest BCUT2D eigenvalue weighted by Gasteiger charge is -2.24. The number of aromatic amines is 1. The highest BCUT2D eigenvalue weighted by molar-refractivity contribution is 6.35. The molecule has 1 amide bonds. The summed E-state index contributed by atoms with van der Waals surface area (Å²) in [4.78, 5) is 45.1. The highest BCUT2D eigenvalue weighted by Gasteiger charge is 2.27. The van der Waals surface area contributed by atoms with Gasteiger partial charge in [-0.1, -0.05) is 43.5 Å². The summed E-state index contributed by atoms with van der Waals surface area (Å²) in [5.41, 5.74) is 4.55. The Morgan fingerprint density at radius 3 is 2.59 bits per heavy atom. The Balaban J connectivity index is 2.65. The molecule has 0 bridgehead atoms. The van der Waals surface area contributed by atoms with Crippen molar-refractivity contribution in [1.29, 1.82) is 0 Å². The van der Waals surface area contributed by atoms with E-state index in [4.69, 9.17) is 28.9 Å².